The van der Waals surface area contributed by atoms with Crippen LogP contribution in [0.5, 0.6) is 11.5 Å². The van der Waals surface area contributed by atoms with Gasteiger partial charge in [0.2, 0.25) is 5.91 Å². The number of esters is 1. The van der Waals surface area contributed by atoms with Crippen LogP contribution in [-0.4, -0.2) is 42.9 Å². The summed E-state index contributed by atoms with van der Waals surface area (Å²) in [6.07, 6.45) is 0.823. The molecule has 0 unspecified atom stereocenters. The second-order valence-electron chi connectivity index (χ2n) is 8.61. The second kappa shape index (κ2) is 9.03. The molecule has 1 aromatic carbocycles. The number of hydrogen-bond acceptors (Lipinski definition) is 6. The van der Waals surface area contributed by atoms with Crippen molar-refractivity contribution < 1.29 is 28.9 Å². The molecule has 2 atom stereocenters. The zero-order valence-corrected chi connectivity index (χ0v) is 18.2. The van der Waals surface area contributed by atoms with Crippen LogP contribution in [-0.2, 0) is 20.9 Å². The molecule has 7 heteroatoms. The Morgan fingerprint density at radius 1 is 1.14 bits per heavy atom. The van der Waals surface area contributed by atoms with E-state index in [4.69, 9.17) is 14.2 Å². The van der Waals surface area contributed by atoms with E-state index in [1.165, 1.54) is 0 Å². The fourth-order valence-electron chi connectivity index (χ4n) is 3.54. The Kier molecular flexibility index (Phi) is 7.16. The Balaban J connectivity index is 2.12. The molecule has 0 bridgehead atoms. The molecule has 7 nitrogen and oxygen atoms in total. The van der Waals surface area contributed by atoms with E-state index in [9.17, 15) is 14.7 Å². The Labute approximate surface area is 172 Å². The first-order chi connectivity index (χ1) is 13.5. The van der Waals surface area contributed by atoms with Crippen molar-refractivity contribution in [2.45, 2.75) is 65.2 Å². The second-order valence-corrected chi connectivity index (χ2v) is 8.61. The van der Waals surface area contributed by atoms with Crippen LogP contribution in [0.15, 0.2) is 18.2 Å². The Hall–Kier alpha value is -2.28. The largest absolute Gasteiger partial charge is 0.497 e. The van der Waals surface area contributed by atoms with Gasteiger partial charge in [0.05, 0.1) is 20.1 Å². The number of aliphatic hydroxyl groups is 1. The molecular formula is C22H33NO6. The maximum atomic E-state index is 12.8. The highest BCUT2D eigenvalue weighted by Crippen LogP contribution is 2.56. The third-order valence-corrected chi connectivity index (χ3v) is 5.38. The Morgan fingerprint density at radius 2 is 1.69 bits per heavy atom. The summed E-state index contributed by atoms with van der Waals surface area (Å²) in [5.41, 5.74) is -0.308. The van der Waals surface area contributed by atoms with Crippen molar-refractivity contribution in [2.75, 3.05) is 14.2 Å². The van der Waals surface area contributed by atoms with Crippen molar-refractivity contribution in [3.8, 4) is 11.5 Å². The lowest BCUT2D eigenvalue weighted by molar-refractivity contribution is -0.170. The Bertz CT molecular complexity index is 713. The smallest absolute Gasteiger partial charge is 0.313 e. The lowest BCUT2D eigenvalue weighted by Crippen LogP contribution is -2.47. The van der Waals surface area contributed by atoms with Gasteiger partial charge in [-0.2, -0.15) is 0 Å². The van der Waals surface area contributed by atoms with Crippen molar-refractivity contribution in [2.24, 2.45) is 11.3 Å². The fourth-order valence-corrected chi connectivity index (χ4v) is 3.54. The van der Waals surface area contributed by atoms with Crippen LogP contribution in [0.1, 0.15) is 52.5 Å². The maximum Gasteiger partial charge on any atom is 0.313 e. The van der Waals surface area contributed by atoms with Crippen LogP contribution in [0, 0.1) is 11.3 Å². The summed E-state index contributed by atoms with van der Waals surface area (Å²) in [5.74, 6) is -0.802. The van der Waals surface area contributed by atoms with Gasteiger partial charge in [0.1, 0.15) is 23.2 Å². The Morgan fingerprint density at radius 3 is 2.10 bits per heavy atom. The standard InChI is InChI=1S/C22H33NO6/c1-7-22(8-9-22)17(20(26)29-21(2,3)4)18(24)19(25)23-13-14-10-15(27-5)12-16(11-14)28-6/h10-12,17-18,24H,7-9,13H2,1-6H3,(H,23,25)/t17-,18-/m1/s1. The molecule has 1 amide bonds. The lowest BCUT2D eigenvalue weighted by Gasteiger charge is -2.31. The molecule has 0 radical (unpaired) electrons. The summed E-state index contributed by atoms with van der Waals surface area (Å²) < 4.78 is 16.0. The molecule has 0 aromatic heterocycles. The molecule has 162 valence electrons. The van der Waals surface area contributed by atoms with E-state index in [0.29, 0.717) is 17.9 Å². The monoisotopic (exact) mass is 407 g/mol. The van der Waals surface area contributed by atoms with Gasteiger partial charge in [0, 0.05) is 12.6 Å². The molecule has 1 fully saturated rings. The van der Waals surface area contributed by atoms with E-state index in [0.717, 1.165) is 18.4 Å². The van der Waals surface area contributed by atoms with Crippen LogP contribution in [0.4, 0.5) is 0 Å². The number of amides is 1. The molecule has 1 aliphatic carbocycles. The average molecular weight is 408 g/mol. The number of carbonyl (C=O) groups excluding carboxylic acids is 2. The molecule has 29 heavy (non-hydrogen) atoms. The van der Waals surface area contributed by atoms with E-state index >= 15 is 0 Å². The van der Waals surface area contributed by atoms with E-state index in [-0.39, 0.29) is 12.0 Å². The van der Waals surface area contributed by atoms with Gasteiger partial charge < -0.3 is 24.6 Å². The molecule has 1 aromatic rings. The van der Waals surface area contributed by atoms with Crippen LogP contribution in [0.2, 0.25) is 0 Å². The third-order valence-electron chi connectivity index (χ3n) is 5.38. The van der Waals surface area contributed by atoms with Crippen molar-refractivity contribution in [3.63, 3.8) is 0 Å². The molecule has 1 saturated carbocycles. The van der Waals surface area contributed by atoms with Gasteiger partial charge in [-0.15, -0.1) is 0 Å². The molecule has 2 N–H and O–H groups in total. The SMILES string of the molecule is CCC1([C@@H](C(=O)OC(C)(C)C)[C@@H](O)C(=O)NCc2cc(OC)cc(OC)c2)CC1. The average Bonchev–Trinajstić information content (AvgIpc) is 3.45. The minimum absolute atomic E-state index is 0.170. The van der Waals surface area contributed by atoms with Gasteiger partial charge in [-0.05, 0) is 63.1 Å². The van der Waals surface area contributed by atoms with E-state index in [1.54, 1.807) is 53.2 Å². The highest BCUT2D eigenvalue weighted by molar-refractivity contribution is 5.88. The van der Waals surface area contributed by atoms with Crippen LogP contribution < -0.4 is 14.8 Å². The predicted octanol–water partition coefficient (Wildman–Crippen LogP) is 2.83. The molecular weight excluding hydrogens is 374 g/mol. The van der Waals surface area contributed by atoms with Crippen LogP contribution in [0.25, 0.3) is 0 Å². The summed E-state index contributed by atoms with van der Waals surface area (Å²) in [7, 11) is 3.10. The lowest BCUT2D eigenvalue weighted by atomic mass is 9.82. The van der Waals surface area contributed by atoms with Crippen LogP contribution in [0.3, 0.4) is 0 Å². The maximum absolute atomic E-state index is 12.8. The highest BCUT2D eigenvalue weighted by atomic mass is 16.6. The number of methoxy groups -OCH3 is 2. The molecule has 0 saturated heterocycles. The molecule has 0 spiro atoms. The number of ether oxygens (including phenoxy) is 3. The number of benzene rings is 1. The molecule has 1 aliphatic rings. The summed E-state index contributed by atoms with van der Waals surface area (Å²) in [6.45, 7) is 7.46. The van der Waals surface area contributed by atoms with Gasteiger partial charge >= 0.3 is 5.97 Å². The van der Waals surface area contributed by atoms with E-state index in [1.807, 2.05) is 6.92 Å². The van der Waals surface area contributed by atoms with Gasteiger partial charge in [0.25, 0.3) is 0 Å². The van der Waals surface area contributed by atoms with Crippen LogP contribution >= 0.6 is 0 Å². The number of hydrogen-bond donors (Lipinski definition) is 2. The fraction of sp³-hybridized carbons (Fsp3) is 0.636. The minimum atomic E-state index is -1.47. The van der Waals surface area contributed by atoms with Gasteiger partial charge in [-0.25, -0.2) is 0 Å². The van der Waals surface area contributed by atoms with Gasteiger partial charge in [0.15, 0.2) is 0 Å². The quantitative estimate of drug-likeness (QED) is 0.612. The molecule has 0 aliphatic heterocycles. The molecule has 2 rings (SSSR count). The number of aliphatic hydroxyl groups excluding tert-OH is 1. The van der Waals surface area contributed by atoms with Crippen molar-refractivity contribution >= 4 is 11.9 Å². The summed E-state index contributed by atoms with van der Waals surface area (Å²) in [6, 6.07) is 5.28. The number of nitrogens with one attached hydrogen (secondary N) is 1. The zero-order chi connectivity index (χ0) is 21.8. The zero-order valence-electron chi connectivity index (χ0n) is 18.2. The predicted molar refractivity (Wildman–Crippen MR) is 109 cm³/mol. The van der Waals surface area contributed by atoms with Crippen molar-refractivity contribution in [1.82, 2.24) is 5.32 Å². The number of carbonyl (C=O) groups is 2. The first-order valence-corrected chi connectivity index (χ1v) is 9.96. The highest BCUT2D eigenvalue weighted by Gasteiger charge is 2.56. The minimum Gasteiger partial charge on any atom is -0.497 e. The van der Waals surface area contributed by atoms with E-state index in [2.05, 4.69) is 5.32 Å². The summed E-state index contributed by atoms with van der Waals surface area (Å²) in [4.78, 5) is 25.5. The normalized spacial score (nSPS) is 17.1. The number of rotatable bonds is 9. The topological polar surface area (TPSA) is 94.1 Å². The summed E-state index contributed by atoms with van der Waals surface area (Å²) in [5, 5.41) is 13.5. The van der Waals surface area contributed by atoms with Gasteiger partial charge in [-0.1, -0.05) is 6.92 Å². The molecule has 0 heterocycles. The van der Waals surface area contributed by atoms with Crippen molar-refractivity contribution in [3.05, 3.63) is 23.8 Å². The van der Waals surface area contributed by atoms with Gasteiger partial charge in [-0.3, -0.25) is 9.59 Å². The first kappa shape index (κ1) is 23.0. The third kappa shape index (κ3) is 5.85. The van der Waals surface area contributed by atoms with Crippen molar-refractivity contribution in [1.29, 1.82) is 0 Å². The first-order valence-electron chi connectivity index (χ1n) is 9.96. The summed E-state index contributed by atoms with van der Waals surface area (Å²) >= 11 is 0. The van der Waals surface area contributed by atoms with E-state index < -0.39 is 29.5 Å².